The van der Waals surface area contributed by atoms with Gasteiger partial charge in [-0.1, -0.05) is 54.6 Å². The van der Waals surface area contributed by atoms with Gasteiger partial charge in [0.1, 0.15) is 11.5 Å². The Balaban J connectivity index is 1.77. The lowest BCUT2D eigenvalue weighted by Crippen LogP contribution is -2.09. The molecule has 4 nitrogen and oxygen atoms in total. The molecule has 0 saturated heterocycles. The Labute approximate surface area is 181 Å². The first-order valence-electron chi connectivity index (χ1n) is 9.72. The zero-order chi connectivity index (χ0) is 21.2. The monoisotopic (exact) mass is 420 g/mol. The van der Waals surface area contributed by atoms with E-state index in [0.717, 1.165) is 33.1 Å². The first-order valence-corrected chi connectivity index (χ1v) is 10.7. The molecular formula is C25H24O4S. The molecule has 0 aliphatic carbocycles. The Kier molecular flexibility index (Phi) is 7.98. The summed E-state index contributed by atoms with van der Waals surface area (Å²) in [7, 11) is 0. The number of benzene rings is 3. The molecule has 154 valence electrons. The zero-order valence-corrected chi connectivity index (χ0v) is 17.6. The molecule has 0 unspecified atom stereocenters. The van der Waals surface area contributed by atoms with Crippen LogP contribution in [-0.4, -0.2) is 30.0 Å². The molecule has 5 heteroatoms. The molecule has 3 rings (SSSR count). The molecule has 3 aromatic rings. The maximum atomic E-state index is 10.6. The minimum Gasteiger partial charge on any atom is -0.493 e. The van der Waals surface area contributed by atoms with E-state index >= 15 is 0 Å². The van der Waals surface area contributed by atoms with Gasteiger partial charge in [0.15, 0.2) is 6.61 Å². The predicted molar refractivity (Wildman–Crippen MR) is 121 cm³/mol. The molecule has 3 aromatic carbocycles. The molecule has 0 bridgehead atoms. The molecule has 30 heavy (non-hydrogen) atoms. The highest BCUT2D eigenvalue weighted by molar-refractivity contribution is 7.99. The van der Waals surface area contributed by atoms with Gasteiger partial charge in [-0.3, -0.25) is 0 Å². The topological polar surface area (TPSA) is 55.8 Å². The van der Waals surface area contributed by atoms with Crippen LogP contribution in [0.25, 0.3) is 5.57 Å². The molecule has 0 heterocycles. The summed E-state index contributed by atoms with van der Waals surface area (Å²) in [6.07, 6.45) is 2.21. The maximum Gasteiger partial charge on any atom is 0.341 e. The van der Waals surface area contributed by atoms with Crippen molar-refractivity contribution in [1.82, 2.24) is 0 Å². The molecule has 0 spiro atoms. The third-order valence-corrected chi connectivity index (χ3v) is 5.22. The van der Waals surface area contributed by atoms with Crippen molar-refractivity contribution in [2.75, 3.05) is 19.0 Å². The van der Waals surface area contributed by atoms with E-state index in [0.29, 0.717) is 12.4 Å². The summed E-state index contributed by atoms with van der Waals surface area (Å²) in [4.78, 5) is 11.7. The minimum absolute atomic E-state index is 0.338. The summed E-state index contributed by atoms with van der Waals surface area (Å²) in [6.45, 7) is 2.27. The second-order valence-corrected chi connectivity index (χ2v) is 7.47. The first-order chi connectivity index (χ1) is 14.7. The molecule has 0 atom stereocenters. The van der Waals surface area contributed by atoms with Gasteiger partial charge < -0.3 is 14.6 Å². The van der Waals surface area contributed by atoms with Crippen molar-refractivity contribution in [3.63, 3.8) is 0 Å². The Morgan fingerprint density at radius 2 is 1.63 bits per heavy atom. The number of carbonyl (C=O) groups is 1. The van der Waals surface area contributed by atoms with Crippen LogP contribution in [0.2, 0.25) is 0 Å². The van der Waals surface area contributed by atoms with E-state index in [1.165, 1.54) is 0 Å². The molecular weight excluding hydrogens is 396 g/mol. The van der Waals surface area contributed by atoms with Crippen molar-refractivity contribution >= 4 is 23.3 Å². The first kappa shape index (κ1) is 21.5. The maximum absolute atomic E-state index is 10.6. The number of carboxylic acids is 1. The third kappa shape index (κ3) is 6.16. The lowest BCUT2D eigenvalue weighted by Gasteiger charge is -2.14. The second-order valence-electron chi connectivity index (χ2n) is 6.38. The highest BCUT2D eigenvalue weighted by atomic mass is 32.2. The van der Waals surface area contributed by atoms with E-state index in [-0.39, 0.29) is 6.61 Å². The van der Waals surface area contributed by atoms with Crippen LogP contribution in [0.1, 0.15) is 18.1 Å². The van der Waals surface area contributed by atoms with Crippen molar-refractivity contribution in [2.45, 2.75) is 11.8 Å². The van der Waals surface area contributed by atoms with Crippen LogP contribution in [0, 0.1) is 0 Å². The average Bonchev–Trinajstić information content (AvgIpc) is 2.77. The van der Waals surface area contributed by atoms with Gasteiger partial charge in [-0.15, -0.1) is 11.8 Å². The van der Waals surface area contributed by atoms with Crippen LogP contribution in [0.15, 0.2) is 89.8 Å². The van der Waals surface area contributed by atoms with E-state index in [4.69, 9.17) is 14.6 Å². The summed E-state index contributed by atoms with van der Waals surface area (Å²) < 4.78 is 11.0. The quantitative estimate of drug-likeness (QED) is 0.422. The SMILES string of the molecule is CCOc1ccccc1/C(=C/CSc1ccc(OCC(=O)O)cc1)c1ccccc1. The molecule has 0 fully saturated rings. The van der Waals surface area contributed by atoms with Gasteiger partial charge in [0.25, 0.3) is 0 Å². The zero-order valence-electron chi connectivity index (χ0n) is 16.8. The van der Waals surface area contributed by atoms with Crippen LogP contribution in [-0.2, 0) is 4.79 Å². The lowest BCUT2D eigenvalue weighted by atomic mass is 9.97. The van der Waals surface area contributed by atoms with Crippen LogP contribution in [0.5, 0.6) is 11.5 Å². The van der Waals surface area contributed by atoms with Gasteiger partial charge in [-0.2, -0.15) is 0 Å². The fourth-order valence-electron chi connectivity index (χ4n) is 2.97. The Morgan fingerprint density at radius 1 is 0.933 bits per heavy atom. The molecule has 0 aromatic heterocycles. The number of para-hydroxylation sites is 1. The number of rotatable bonds is 10. The number of hydrogen-bond donors (Lipinski definition) is 1. The second kappa shape index (κ2) is 11.1. The molecule has 0 radical (unpaired) electrons. The summed E-state index contributed by atoms with van der Waals surface area (Å²) in [6, 6.07) is 25.8. The van der Waals surface area contributed by atoms with Gasteiger partial charge in [0, 0.05) is 16.2 Å². The Morgan fingerprint density at radius 3 is 2.33 bits per heavy atom. The van der Waals surface area contributed by atoms with Crippen LogP contribution >= 0.6 is 11.8 Å². The molecule has 0 saturated carbocycles. The highest BCUT2D eigenvalue weighted by Crippen LogP contribution is 2.32. The summed E-state index contributed by atoms with van der Waals surface area (Å²) in [5.74, 6) is 1.22. The molecule has 0 aliphatic rings. The van der Waals surface area contributed by atoms with E-state index in [1.54, 1.807) is 23.9 Å². The van der Waals surface area contributed by atoms with Crippen molar-refractivity contribution in [1.29, 1.82) is 0 Å². The highest BCUT2D eigenvalue weighted by Gasteiger charge is 2.10. The molecule has 0 amide bonds. The van der Waals surface area contributed by atoms with Gasteiger partial charge in [-0.05, 0) is 48.4 Å². The normalized spacial score (nSPS) is 11.2. The smallest absolute Gasteiger partial charge is 0.341 e. The van der Waals surface area contributed by atoms with Crippen LogP contribution in [0.3, 0.4) is 0 Å². The molecule has 1 N–H and O–H groups in total. The Hall–Kier alpha value is -3.18. The van der Waals surface area contributed by atoms with Crippen molar-refractivity contribution < 1.29 is 19.4 Å². The number of ether oxygens (including phenoxy) is 2. The minimum atomic E-state index is -0.987. The number of carboxylic acid groups (broad SMARTS) is 1. The van der Waals surface area contributed by atoms with E-state index in [2.05, 4.69) is 24.3 Å². The summed E-state index contributed by atoms with van der Waals surface area (Å²) in [5.41, 5.74) is 3.35. The van der Waals surface area contributed by atoms with E-state index in [9.17, 15) is 4.79 Å². The average molecular weight is 421 g/mol. The van der Waals surface area contributed by atoms with Gasteiger partial charge in [0.05, 0.1) is 6.61 Å². The van der Waals surface area contributed by atoms with Crippen molar-refractivity contribution in [3.05, 3.63) is 96.1 Å². The Bertz CT molecular complexity index is 982. The largest absolute Gasteiger partial charge is 0.493 e. The van der Waals surface area contributed by atoms with Crippen molar-refractivity contribution in [3.8, 4) is 11.5 Å². The van der Waals surface area contributed by atoms with Gasteiger partial charge in [-0.25, -0.2) is 4.79 Å². The predicted octanol–water partition coefficient (Wildman–Crippen LogP) is 5.77. The number of hydrogen-bond acceptors (Lipinski definition) is 4. The lowest BCUT2D eigenvalue weighted by molar-refractivity contribution is -0.139. The summed E-state index contributed by atoms with van der Waals surface area (Å²) >= 11 is 1.70. The van der Waals surface area contributed by atoms with E-state index in [1.807, 2.05) is 55.5 Å². The standard InChI is InChI=1S/C25H24O4S/c1-2-28-24-11-7-6-10-23(24)22(19-8-4-3-5-9-19)16-17-30-21-14-12-20(13-15-21)29-18-25(26)27/h3-16H,2,17-18H2,1H3,(H,26,27)/b22-16+. The van der Waals surface area contributed by atoms with Crippen LogP contribution < -0.4 is 9.47 Å². The van der Waals surface area contributed by atoms with Gasteiger partial charge >= 0.3 is 5.97 Å². The van der Waals surface area contributed by atoms with Crippen molar-refractivity contribution in [2.24, 2.45) is 0 Å². The number of thioether (sulfide) groups is 1. The van der Waals surface area contributed by atoms with Crippen LogP contribution in [0.4, 0.5) is 0 Å². The van der Waals surface area contributed by atoms with E-state index < -0.39 is 5.97 Å². The number of aliphatic carboxylic acids is 1. The summed E-state index contributed by atoms with van der Waals surface area (Å²) in [5, 5.41) is 8.69. The van der Waals surface area contributed by atoms with Gasteiger partial charge in [0.2, 0.25) is 0 Å². The fraction of sp³-hybridized carbons (Fsp3) is 0.160. The molecule has 0 aliphatic heterocycles. The third-order valence-electron chi connectivity index (χ3n) is 4.29. The fourth-order valence-corrected chi connectivity index (χ4v) is 3.74.